The summed E-state index contributed by atoms with van der Waals surface area (Å²) in [5, 5.41) is 18.1. The van der Waals surface area contributed by atoms with Gasteiger partial charge in [-0.25, -0.2) is 0 Å². The van der Waals surface area contributed by atoms with E-state index in [1.165, 1.54) is 0 Å². The van der Waals surface area contributed by atoms with E-state index in [2.05, 4.69) is 0 Å². The minimum absolute atomic E-state index is 0.148. The third kappa shape index (κ3) is 2.42. The molecular formula is C8H16O4. The number of hydrogen-bond acceptors (Lipinski definition) is 4. The Kier molecular flexibility index (Phi) is 3.94. The maximum Gasteiger partial charge on any atom is 0.158 e. The topological polar surface area (TPSA) is 58.9 Å². The number of aliphatic hydroxyl groups excluding tert-OH is 2. The lowest BCUT2D eigenvalue weighted by Crippen LogP contribution is -2.45. The van der Waals surface area contributed by atoms with Gasteiger partial charge in [-0.1, -0.05) is 13.3 Å². The van der Waals surface area contributed by atoms with Crippen LogP contribution in [0, 0.1) is 0 Å². The van der Waals surface area contributed by atoms with Crippen molar-refractivity contribution in [2.75, 3.05) is 13.2 Å². The van der Waals surface area contributed by atoms with Crippen LogP contribution in [-0.2, 0) is 9.47 Å². The molecule has 1 saturated heterocycles. The second-order valence-corrected chi connectivity index (χ2v) is 2.98. The van der Waals surface area contributed by atoms with Crippen LogP contribution in [-0.4, -0.2) is 41.9 Å². The summed E-state index contributed by atoms with van der Waals surface area (Å²) in [7, 11) is 0. The van der Waals surface area contributed by atoms with E-state index in [0.29, 0.717) is 0 Å². The molecule has 0 amide bonds. The zero-order valence-corrected chi connectivity index (χ0v) is 7.27. The largest absolute Gasteiger partial charge is 0.394 e. The highest BCUT2D eigenvalue weighted by Crippen LogP contribution is 2.16. The van der Waals surface area contributed by atoms with Gasteiger partial charge in [-0.2, -0.15) is 0 Å². The molecule has 1 heterocycles. The molecule has 1 fully saturated rings. The normalized spacial score (nSPS) is 36.8. The third-order valence-electron chi connectivity index (χ3n) is 1.91. The van der Waals surface area contributed by atoms with Crippen molar-refractivity contribution in [3.63, 3.8) is 0 Å². The van der Waals surface area contributed by atoms with E-state index in [9.17, 15) is 5.11 Å². The Morgan fingerprint density at radius 1 is 1.50 bits per heavy atom. The standard InChI is InChI=1S/C8H16O4/c1-2-3-8-11-5-6(10)7(4-9)12-8/h6-10H,2-5H2,1H3/t6-,7+,8?/m1/s1. The van der Waals surface area contributed by atoms with E-state index in [1.54, 1.807) is 0 Å². The zero-order valence-electron chi connectivity index (χ0n) is 7.27. The van der Waals surface area contributed by atoms with E-state index in [1.807, 2.05) is 6.92 Å². The summed E-state index contributed by atoms with van der Waals surface area (Å²) in [6.45, 7) is 2.15. The molecule has 1 aliphatic heterocycles. The van der Waals surface area contributed by atoms with Gasteiger partial charge in [0, 0.05) is 0 Å². The third-order valence-corrected chi connectivity index (χ3v) is 1.91. The molecule has 0 aliphatic carbocycles. The summed E-state index contributed by atoms with van der Waals surface area (Å²) in [6, 6.07) is 0. The number of hydrogen-bond donors (Lipinski definition) is 2. The molecule has 1 aliphatic rings. The fraction of sp³-hybridized carbons (Fsp3) is 1.00. The summed E-state index contributed by atoms with van der Waals surface area (Å²) in [5.41, 5.74) is 0. The summed E-state index contributed by atoms with van der Waals surface area (Å²) in [4.78, 5) is 0. The summed E-state index contributed by atoms with van der Waals surface area (Å²) in [5.74, 6) is 0. The van der Waals surface area contributed by atoms with Crippen LogP contribution in [0.4, 0.5) is 0 Å². The second kappa shape index (κ2) is 4.77. The van der Waals surface area contributed by atoms with Gasteiger partial charge in [0.15, 0.2) is 6.29 Å². The first-order chi connectivity index (χ1) is 5.77. The van der Waals surface area contributed by atoms with Crippen molar-refractivity contribution in [3.05, 3.63) is 0 Å². The van der Waals surface area contributed by atoms with Crippen LogP contribution in [0.15, 0.2) is 0 Å². The Hall–Kier alpha value is -0.160. The molecule has 3 atom stereocenters. The molecule has 0 saturated carbocycles. The Labute approximate surface area is 72.1 Å². The number of rotatable bonds is 3. The summed E-state index contributed by atoms with van der Waals surface area (Å²) >= 11 is 0. The molecule has 1 rings (SSSR count). The van der Waals surface area contributed by atoms with Crippen LogP contribution >= 0.6 is 0 Å². The predicted molar refractivity (Wildman–Crippen MR) is 42.6 cm³/mol. The van der Waals surface area contributed by atoms with Crippen LogP contribution in [0.25, 0.3) is 0 Å². The first-order valence-electron chi connectivity index (χ1n) is 4.34. The number of aliphatic hydroxyl groups is 2. The maximum atomic E-state index is 9.24. The average molecular weight is 176 g/mol. The van der Waals surface area contributed by atoms with Gasteiger partial charge < -0.3 is 19.7 Å². The lowest BCUT2D eigenvalue weighted by molar-refractivity contribution is -0.260. The molecule has 0 aromatic heterocycles. The second-order valence-electron chi connectivity index (χ2n) is 2.98. The van der Waals surface area contributed by atoms with Gasteiger partial charge in [-0.05, 0) is 6.42 Å². The van der Waals surface area contributed by atoms with Crippen molar-refractivity contribution >= 4 is 0 Å². The highest BCUT2D eigenvalue weighted by Gasteiger charge is 2.29. The van der Waals surface area contributed by atoms with Crippen molar-refractivity contribution in [1.82, 2.24) is 0 Å². The fourth-order valence-electron chi connectivity index (χ4n) is 1.19. The van der Waals surface area contributed by atoms with Gasteiger partial charge >= 0.3 is 0 Å². The molecule has 0 bridgehead atoms. The lowest BCUT2D eigenvalue weighted by Gasteiger charge is -2.32. The Morgan fingerprint density at radius 3 is 2.83 bits per heavy atom. The first kappa shape index (κ1) is 9.92. The van der Waals surface area contributed by atoms with E-state index >= 15 is 0 Å². The van der Waals surface area contributed by atoms with Crippen molar-refractivity contribution in [1.29, 1.82) is 0 Å². The van der Waals surface area contributed by atoms with Gasteiger partial charge in [0.25, 0.3) is 0 Å². The molecule has 0 aromatic carbocycles. The molecule has 0 spiro atoms. The molecule has 4 nitrogen and oxygen atoms in total. The van der Waals surface area contributed by atoms with Gasteiger partial charge in [0.1, 0.15) is 12.2 Å². The van der Waals surface area contributed by atoms with E-state index in [-0.39, 0.29) is 19.5 Å². The Balaban J connectivity index is 2.33. The van der Waals surface area contributed by atoms with Gasteiger partial charge in [-0.15, -0.1) is 0 Å². The molecule has 4 heteroatoms. The predicted octanol–water partition coefficient (Wildman–Crippen LogP) is -0.119. The Bertz CT molecular complexity index is 128. The smallest absolute Gasteiger partial charge is 0.158 e. The van der Waals surface area contributed by atoms with Crippen LogP contribution in [0.1, 0.15) is 19.8 Å². The van der Waals surface area contributed by atoms with Crippen molar-refractivity contribution in [2.24, 2.45) is 0 Å². The number of ether oxygens (including phenoxy) is 2. The van der Waals surface area contributed by atoms with E-state index in [4.69, 9.17) is 14.6 Å². The molecule has 0 aromatic rings. The molecule has 1 unspecified atom stereocenters. The van der Waals surface area contributed by atoms with Crippen LogP contribution in [0.3, 0.4) is 0 Å². The Morgan fingerprint density at radius 2 is 2.25 bits per heavy atom. The monoisotopic (exact) mass is 176 g/mol. The fourth-order valence-corrected chi connectivity index (χ4v) is 1.19. The average Bonchev–Trinajstić information content (AvgIpc) is 2.09. The van der Waals surface area contributed by atoms with Crippen molar-refractivity contribution < 1.29 is 19.7 Å². The highest BCUT2D eigenvalue weighted by molar-refractivity contribution is 4.72. The zero-order chi connectivity index (χ0) is 8.97. The summed E-state index contributed by atoms with van der Waals surface area (Å²) in [6.07, 6.45) is 0.358. The van der Waals surface area contributed by atoms with Crippen molar-refractivity contribution in [2.45, 2.75) is 38.3 Å². The quantitative estimate of drug-likeness (QED) is 0.629. The van der Waals surface area contributed by atoms with Crippen LogP contribution in [0.5, 0.6) is 0 Å². The minimum atomic E-state index is -0.692. The maximum absolute atomic E-state index is 9.24. The van der Waals surface area contributed by atoms with Crippen LogP contribution in [0.2, 0.25) is 0 Å². The molecular weight excluding hydrogens is 160 g/mol. The SMILES string of the molecule is CCCC1OC[C@@H](O)[C@H](CO)O1. The van der Waals surface area contributed by atoms with Gasteiger partial charge in [-0.3, -0.25) is 0 Å². The van der Waals surface area contributed by atoms with Crippen molar-refractivity contribution in [3.8, 4) is 0 Å². The van der Waals surface area contributed by atoms with E-state index < -0.39 is 12.2 Å². The minimum Gasteiger partial charge on any atom is -0.394 e. The lowest BCUT2D eigenvalue weighted by atomic mass is 10.2. The molecule has 2 N–H and O–H groups in total. The first-order valence-corrected chi connectivity index (χ1v) is 4.34. The summed E-state index contributed by atoms with van der Waals surface area (Å²) < 4.78 is 10.4. The van der Waals surface area contributed by atoms with Crippen LogP contribution < -0.4 is 0 Å². The highest BCUT2D eigenvalue weighted by atomic mass is 16.7. The molecule has 72 valence electrons. The van der Waals surface area contributed by atoms with Gasteiger partial charge in [0.05, 0.1) is 13.2 Å². The van der Waals surface area contributed by atoms with Gasteiger partial charge in [0.2, 0.25) is 0 Å². The molecule has 12 heavy (non-hydrogen) atoms. The van der Waals surface area contributed by atoms with E-state index in [0.717, 1.165) is 12.8 Å². The molecule has 0 radical (unpaired) electrons.